The predicted octanol–water partition coefficient (Wildman–Crippen LogP) is 2.97. The SMILES string of the molecule is Cc1ncc2c(n1)CN(c1ncnc3sc(C)c(C)c13)CC2. The van der Waals surface area contributed by atoms with Crippen molar-refractivity contribution in [1.82, 2.24) is 19.9 Å². The third-order valence-electron chi connectivity index (χ3n) is 4.31. The van der Waals surface area contributed by atoms with Crippen LogP contribution in [0.1, 0.15) is 27.5 Å². The first-order chi connectivity index (χ1) is 10.6. The molecular weight excluding hydrogens is 294 g/mol. The summed E-state index contributed by atoms with van der Waals surface area (Å²) in [5.41, 5.74) is 3.67. The van der Waals surface area contributed by atoms with Crippen molar-refractivity contribution >= 4 is 27.4 Å². The van der Waals surface area contributed by atoms with Crippen LogP contribution in [0.4, 0.5) is 5.82 Å². The van der Waals surface area contributed by atoms with Gasteiger partial charge in [-0.3, -0.25) is 0 Å². The van der Waals surface area contributed by atoms with E-state index >= 15 is 0 Å². The summed E-state index contributed by atoms with van der Waals surface area (Å²) in [4.78, 5) is 22.6. The molecule has 4 heterocycles. The Morgan fingerprint density at radius 1 is 1.14 bits per heavy atom. The maximum Gasteiger partial charge on any atom is 0.141 e. The minimum absolute atomic E-state index is 0.791. The number of hydrogen-bond donors (Lipinski definition) is 0. The lowest BCUT2D eigenvalue weighted by atomic mass is 10.1. The van der Waals surface area contributed by atoms with Crippen molar-refractivity contribution in [2.45, 2.75) is 33.7 Å². The van der Waals surface area contributed by atoms with Gasteiger partial charge in [0.1, 0.15) is 22.8 Å². The third kappa shape index (κ3) is 2.06. The molecule has 0 saturated carbocycles. The average molecular weight is 311 g/mol. The van der Waals surface area contributed by atoms with Crippen LogP contribution >= 0.6 is 11.3 Å². The van der Waals surface area contributed by atoms with Crippen molar-refractivity contribution in [3.8, 4) is 0 Å². The summed E-state index contributed by atoms with van der Waals surface area (Å²) in [5, 5.41) is 1.19. The summed E-state index contributed by atoms with van der Waals surface area (Å²) in [6.45, 7) is 7.98. The molecular formula is C16H17N5S. The zero-order chi connectivity index (χ0) is 15.3. The molecule has 3 aromatic heterocycles. The highest BCUT2D eigenvalue weighted by molar-refractivity contribution is 7.18. The third-order valence-corrected chi connectivity index (χ3v) is 5.43. The monoisotopic (exact) mass is 311 g/mol. The van der Waals surface area contributed by atoms with Crippen LogP contribution in [0.15, 0.2) is 12.5 Å². The summed E-state index contributed by atoms with van der Waals surface area (Å²) >= 11 is 1.74. The van der Waals surface area contributed by atoms with Crippen molar-refractivity contribution < 1.29 is 0 Å². The molecule has 0 N–H and O–H groups in total. The van der Waals surface area contributed by atoms with E-state index in [-0.39, 0.29) is 0 Å². The summed E-state index contributed by atoms with van der Waals surface area (Å²) in [6, 6.07) is 0. The second-order valence-corrected chi connectivity index (χ2v) is 6.92. The first-order valence-electron chi connectivity index (χ1n) is 7.40. The van der Waals surface area contributed by atoms with E-state index in [0.29, 0.717) is 0 Å². The second kappa shape index (κ2) is 4.98. The van der Waals surface area contributed by atoms with Gasteiger partial charge in [-0.05, 0) is 38.3 Å². The normalized spacial score (nSPS) is 14.4. The Labute approximate surface area is 133 Å². The molecule has 0 unspecified atom stereocenters. The number of fused-ring (bicyclic) bond motifs is 2. The molecule has 112 valence electrons. The van der Waals surface area contributed by atoms with Crippen LogP contribution < -0.4 is 4.90 Å². The highest BCUT2D eigenvalue weighted by Gasteiger charge is 2.22. The molecule has 0 radical (unpaired) electrons. The minimum atomic E-state index is 0.791. The Hall–Kier alpha value is -2.08. The van der Waals surface area contributed by atoms with Crippen LogP contribution in [-0.2, 0) is 13.0 Å². The molecule has 0 amide bonds. The van der Waals surface area contributed by atoms with Gasteiger partial charge in [-0.2, -0.15) is 0 Å². The Bertz CT molecular complexity index is 870. The second-order valence-electron chi connectivity index (χ2n) is 5.72. The van der Waals surface area contributed by atoms with Crippen molar-refractivity contribution in [2.24, 2.45) is 0 Å². The molecule has 1 aliphatic heterocycles. The predicted molar refractivity (Wildman–Crippen MR) is 88.4 cm³/mol. The van der Waals surface area contributed by atoms with Gasteiger partial charge in [0, 0.05) is 17.6 Å². The highest BCUT2D eigenvalue weighted by atomic mass is 32.1. The molecule has 0 spiro atoms. The van der Waals surface area contributed by atoms with Crippen LogP contribution in [0.2, 0.25) is 0 Å². The van der Waals surface area contributed by atoms with Crippen LogP contribution in [0.25, 0.3) is 10.2 Å². The van der Waals surface area contributed by atoms with Crippen LogP contribution in [0, 0.1) is 20.8 Å². The van der Waals surface area contributed by atoms with Crippen molar-refractivity contribution in [1.29, 1.82) is 0 Å². The Balaban J connectivity index is 1.80. The smallest absolute Gasteiger partial charge is 0.141 e. The zero-order valence-corrected chi connectivity index (χ0v) is 13.7. The van der Waals surface area contributed by atoms with E-state index in [1.54, 1.807) is 17.7 Å². The van der Waals surface area contributed by atoms with E-state index in [1.165, 1.54) is 21.4 Å². The molecule has 5 nitrogen and oxygen atoms in total. The van der Waals surface area contributed by atoms with Gasteiger partial charge in [-0.25, -0.2) is 19.9 Å². The topological polar surface area (TPSA) is 54.8 Å². The number of hydrogen-bond acceptors (Lipinski definition) is 6. The Morgan fingerprint density at radius 3 is 2.86 bits per heavy atom. The zero-order valence-electron chi connectivity index (χ0n) is 12.9. The first-order valence-corrected chi connectivity index (χ1v) is 8.22. The van der Waals surface area contributed by atoms with Crippen LogP contribution in [-0.4, -0.2) is 26.5 Å². The fourth-order valence-corrected chi connectivity index (χ4v) is 3.98. The quantitative estimate of drug-likeness (QED) is 0.691. The van der Waals surface area contributed by atoms with Gasteiger partial charge in [0.2, 0.25) is 0 Å². The van der Waals surface area contributed by atoms with Crippen LogP contribution in [0.5, 0.6) is 0 Å². The van der Waals surface area contributed by atoms with Gasteiger partial charge >= 0.3 is 0 Å². The fraction of sp³-hybridized carbons (Fsp3) is 0.375. The minimum Gasteiger partial charge on any atom is -0.350 e. The average Bonchev–Trinajstić information content (AvgIpc) is 2.81. The van der Waals surface area contributed by atoms with Gasteiger partial charge in [0.15, 0.2) is 0 Å². The molecule has 0 fully saturated rings. The van der Waals surface area contributed by atoms with Crippen molar-refractivity contribution in [3.63, 3.8) is 0 Å². The number of aryl methyl sites for hydroxylation is 3. The van der Waals surface area contributed by atoms with E-state index < -0.39 is 0 Å². The highest BCUT2D eigenvalue weighted by Crippen LogP contribution is 2.35. The fourth-order valence-electron chi connectivity index (χ4n) is 2.99. The molecule has 4 rings (SSSR count). The summed E-state index contributed by atoms with van der Waals surface area (Å²) < 4.78 is 0. The number of aromatic nitrogens is 4. The standard InChI is InChI=1S/C16H17N5S/c1-9-10(2)22-16-14(9)15(18-8-19-16)21-5-4-12-6-17-11(3)20-13(12)7-21/h6,8H,4-5,7H2,1-3H3. The lowest BCUT2D eigenvalue weighted by Crippen LogP contribution is -2.32. The molecule has 6 heteroatoms. The number of rotatable bonds is 1. The molecule has 0 saturated heterocycles. The molecule has 3 aromatic rings. The van der Waals surface area contributed by atoms with E-state index in [0.717, 1.165) is 41.7 Å². The molecule has 22 heavy (non-hydrogen) atoms. The van der Waals surface area contributed by atoms with Gasteiger partial charge < -0.3 is 4.90 Å². The van der Waals surface area contributed by atoms with Gasteiger partial charge in [-0.1, -0.05) is 0 Å². The Kier molecular flexibility index (Phi) is 3.07. The molecule has 0 bridgehead atoms. The maximum absolute atomic E-state index is 4.60. The summed E-state index contributed by atoms with van der Waals surface area (Å²) in [7, 11) is 0. The number of anilines is 1. The van der Waals surface area contributed by atoms with Crippen molar-refractivity contribution in [2.75, 3.05) is 11.4 Å². The lowest BCUT2D eigenvalue weighted by Gasteiger charge is -2.29. The van der Waals surface area contributed by atoms with E-state index in [4.69, 9.17) is 0 Å². The number of thiophene rings is 1. The van der Waals surface area contributed by atoms with Gasteiger partial charge in [0.05, 0.1) is 17.6 Å². The van der Waals surface area contributed by atoms with Crippen LogP contribution in [0.3, 0.4) is 0 Å². The largest absolute Gasteiger partial charge is 0.350 e. The maximum atomic E-state index is 4.60. The number of nitrogens with zero attached hydrogens (tertiary/aromatic N) is 5. The lowest BCUT2D eigenvalue weighted by molar-refractivity contribution is 0.691. The molecule has 1 aliphatic rings. The molecule has 0 atom stereocenters. The Morgan fingerprint density at radius 2 is 2.00 bits per heavy atom. The van der Waals surface area contributed by atoms with E-state index in [9.17, 15) is 0 Å². The van der Waals surface area contributed by atoms with Gasteiger partial charge in [-0.15, -0.1) is 11.3 Å². The molecule has 0 aromatic carbocycles. The summed E-state index contributed by atoms with van der Waals surface area (Å²) in [6.07, 6.45) is 4.60. The van der Waals surface area contributed by atoms with Crippen molar-refractivity contribution in [3.05, 3.63) is 40.0 Å². The van der Waals surface area contributed by atoms with E-state index in [2.05, 4.69) is 38.7 Å². The summed E-state index contributed by atoms with van der Waals surface area (Å²) in [5.74, 6) is 1.87. The molecule has 0 aliphatic carbocycles. The first kappa shape index (κ1) is 13.6. The van der Waals surface area contributed by atoms with E-state index in [1.807, 2.05) is 13.1 Å². The van der Waals surface area contributed by atoms with Gasteiger partial charge in [0.25, 0.3) is 0 Å².